The Hall–Kier alpha value is -2.80. The number of ether oxygens (including phenoxy) is 3. The van der Waals surface area contributed by atoms with Crippen molar-refractivity contribution in [1.29, 1.82) is 0 Å². The molecule has 32 heavy (non-hydrogen) atoms. The average molecular weight is 440 g/mol. The summed E-state index contributed by atoms with van der Waals surface area (Å²) in [5, 5.41) is 0. The number of carbonyl (C=O) groups is 1. The summed E-state index contributed by atoms with van der Waals surface area (Å²) in [6, 6.07) is 9.82. The summed E-state index contributed by atoms with van der Waals surface area (Å²) in [4.78, 5) is 21.8. The van der Waals surface area contributed by atoms with Crippen molar-refractivity contribution < 1.29 is 19.0 Å². The number of carbonyl (C=O) groups excluding carboxylic acids is 1. The zero-order valence-electron chi connectivity index (χ0n) is 19.0. The summed E-state index contributed by atoms with van der Waals surface area (Å²) >= 11 is 0. The molecule has 0 aliphatic carbocycles. The molecule has 0 N–H and O–H groups in total. The van der Waals surface area contributed by atoms with Crippen LogP contribution in [0.4, 0.5) is 0 Å². The second kappa shape index (κ2) is 10.7. The van der Waals surface area contributed by atoms with E-state index in [-0.39, 0.29) is 11.8 Å². The normalized spacial score (nSPS) is 21.4. The zero-order chi connectivity index (χ0) is 22.3. The van der Waals surface area contributed by atoms with Crippen LogP contribution in [-0.4, -0.2) is 67.7 Å². The number of piperidine rings is 1. The molecule has 2 aliphatic rings. The van der Waals surface area contributed by atoms with Gasteiger partial charge in [-0.3, -0.25) is 14.7 Å². The van der Waals surface area contributed by atoms with E-state index in [2.05, 4.69) is 16.0 Å². The van der Waals surface area contributed by atoms with Gasteiger partial charge >= 0.3 is 0 Å². The molecule has 7 heteroatoms. The number of benzene rings is 1. The lowest BCUT2D eigenvalue weighted by molar-refractivity contribution is -0.137. The second-order valence-electron chi connectivity index (χ2n) is 8.71. The molecule has 3 heterocycles. The molecule has 1 amide bonds. The molecule has 1 aromatic heterocycles. The predicted molar refractivity (Wildman–Crippen MR) is 122 cm³/mol. The number of likely N-dealkylation sites (tertiary alicyclic amines) is 2. The maximum absolute atomic E-state index is 13.2. The minimum absolute atomic E-state index is 0.00416. The molecule has 0 unspecified atom stereocenters. The lowest BCUT2D eigenvalue weighted by atomic mass is 9.88. The van der Waals surface area contributed by atoms with Gasteiger partial charge in [0.1, 0.15) is 5.75 Å². The Morgan fingerprint density at radius 3 is 2.62 bits per heavy atom. The van der Waals surface area contributed by atoms with Gasteiger partial charge in [0.05, 0.1) is 32.9 Å². The van der Waals surface area contributed by atoms with Crippen molar-refractivity contribution in [3.63, 3.8) is 0 Å². The topological polar surface area (TPSA) is 64.1 Å². The van der Waals surface area contributed by atoms with E-state index in [0.717, 1.165) is 74.8 Å². The first-order valence-corrected chi connectivity index (χ1v) is 11.4. The van der Waals surface area contributed by atoms with Crippen LogP contribution in [0.15, 0.2) is 42.7 Å². The van der Waals surface area contributed by atoms with Crippen molar-refractivity contribution in [2.75, 3.05) is 47.0 Å². The van der Waals surface area contributed by atoms with Gasteiger partial charge in [-0.15, -0.1) is 0 Å². The van der Waals surface area contributed by atoms with Crippen LogP contribution in [-0.2, 0) is 11.3 Å². The first kappa shape index (κ1) is 22.4. The number of pyridine rings is 1. The minimum atomic E-state index is 0.00416. The molecular formula is C25H33N3O4. The lowest BCUT2D eigenvalue weighted by Gasteiger charge is -2.38. The highest BCUT2D eigenvalue weighted by Gasteiger charge is 2.35. The zero-order valence-corrected chi connectivity index (χ0v) is 19.0. The number of aromatic nitrogens is 1. The van der Waals surface area contributed by atoms with Gasteiger partial charge in [-0.2, -0.15) is 0 Å². The van der Waals surface area contributed by atoms with Crippen LogP contribution in [0.1, 0.15) is 24.8 Å². The molecule has 2 atom stereocenters. The largest absolute Gasteiger partial charge is 0.493 e. The van der Waals surface area contributed by atoms with E-state index in [0.29, 0.717) is 12.5 Å². The van der Waals surface area contributed by atoms with Gasteiger partial charge in [-0.05, 0) is 49.1 Å². The summed E-state index contributed by atoms with van der Waals surface area (Å²) in [5.74, 6) is 2.80. The first-order chi connectivity index (χ1) is 15.7. The fourth-order valence-corrected chi connectivity index (χ4v) is 4.81. The monoisotopic (exact) mass is 439 g/mol. The number of hydrogen-bond donors (Lipinski definition) is 0. The van der Waals surface area contributed by atoms with Gasteiger partial charge in [-0.1, -0.05) is 6.07 Å². The minimum Gasteiger partial charge on any atom is -0.493 e. The SMILES string of the molecule is COc1ccc(CN2C[C@@H](COc3cccnc3)C[C@@H](C(=O)N3CCCC3)C2)cc1OC. The summed E-state index contributed by atoms with van der Waals surface area (Å²) in [5.41, 5.74) is 1.14. The van der Waals surface area contributed by atoms with E-state index in [1.165, 1.54) is 0 Å². The van der Waals surface area contributed by atoms with Gasteiger partial charge in [0.15, 0.2) is 11.5 Å². The fraction of sp³-hybridized carbons (Fsp3) is 0.520. The van der Waals surface area contributed by atoms with Crippen molar-refractivity contribution in [2.24, 2.45) is 11.8 Å². The van der Waals surface area contributed by atoms with Gasteiger partial charge in [0.2, 0.25) is 5.91 Å². The number of hydrogen-bond acceptors (Lipinski definition) is 6. The number of amides is 1. The Kier molecular flexibility index (Phi) is 7.47. The molecule has 7 nitrogen and oxygen atoms in total. The van der Waals surface area contributed by atoms with Crippen molar-refractivity contribution >= 4 is 5.91 Å². The van der Waals surface area contributed by atoms with E-state index >= 15 is 0 Å². The molecule has 2 fully saturated rings. The van der Waals surface area contributed by atoms with Gasteiger partial charge in [0.25, 0.3) is 0 Å². The van der Waals surface area contributed by atoms with Crippen molar-refractivity contribution in [2.45, 2.75) is 25.8 Å². The first-order valence-electron chi connectivity index (χ1n) is 11.4. The fourth-order valence-electron chi connectivity index (χ4n) is 4.81. The molecular weight excluding hydrogens is 406 g/mol. The van der Waals surface area contributed by atoms with Crippen LogP contribution >= 0.6 is 0 Å². The number of nitrogens with zero attached hydrogens (tertiary/aromatic N) is 3. The highest BCUT2D eigenvalue weighted by atomic mass is 16.5. The van der Waals surface area contributed by atoms with Crippen LogP contribution in [0.5, 0.6) is 17.2 Å². The van der Waals surface area contributed by atoms with E-state index in [1.807, 2.05) is 29.2 Å². The summed E-state index contributed by atoms with van der Waals surface area (Å²) in [6.07, 6.45) is 6.56. The van der Waals surface area contributed by atoms with Crippen LogP contribution in [0, 0.1) is 11.8 Å². The van der Waals surface area contributed by atoms with E-state index in [9.17, 15) is 4.79 Å². The third kappa shape index (κ3) is 5.51. The highest BCUT2D eigenvalue weighted by Crippen LogP contribution is 2.30. The molecule has 2 saturated heterocycles. The van der Waals surface area contributed by atoms with Gasteiger partial charge < -0.3 is 19.1 Å². The lowest BCUT2D eigenvalue weighted by Crippen LogP contribution is -2.48. The predicted octanol–water partition coefficient (Wildman–Crippen LogP) is 3.24. The van der Waals surface area contributed by atoms with E-state index in [4.69, 9.17) is 14.2 Å². The summed E-state index contributed by atoms with van der Waals surface area (Å²) in [6.45, 7) is 4.78. The molecule has 1 aromatic carbocycles. The van der Waals surface area contributed by atoms with Crippen LogP contribution < -0.4 is 14.2 Å². The summed E-state index contributed by atoms with van der Waals surface area (Å²) < 4.78 is 16.9. The Balaban J connectivity index is 1.46. The average Bonchev–Trinajstić information content (AvgIpc) is 3.38. The Morgan fingerprint density at radius 1 is 1.09 bits per heavy atom. The Labute approximate surface area is 190 Å². The van der Waals surface area contributed by atoms with Crippen molar-refractivity contribution in [1.82, 2.24) is 14.8 Å². The highest BCUT2D eigenvalue weighted by molar-refractivity contribution is 5.79. The Bertz CT molecular complexity index is 886. The van der Waals surface area contributed by atoms with Gasteiger partial charge in [0, 0.05) is 44.8 Å². The van der Waals surface area contributed by atoms with E-state index < -0.39 is 0 Å². The smallest absolute Gasteiger partial charge is 0.226 e. The van der Waals surface area contributed by atoms with Crippen LogP contribution in [0.3, 0.4) is 0 Å². The molecule has 0 bridgehead atoms. The maximum atomic E-state index is 13.2. The van der Waals surface area contributed by atoms with Gasteiger partial charge in [-0.25, -0.2) is 0 Å². The Morgan fingerprint density at radius 2 is 1.91 bits per heavy atom. The van der Waals surface area contributed by atoms with Crippen LogP contribution in [0.2, 0.25) is 0 Å². The third-order valence-corrected chi connectivity index (χ3v) is 6.35. The van der Waals surface area contributed by atoms with E-state index in [1.54, 1.807) is 26.6 Å². The summed E-state index contributed by atoms with van der Waals surface area (Å²) in [7, 11) is 3.29. The molecule has 0 spiro atoms. The standard InChI is InChI=1S/C25H33N3O4/c1-30-23-8-7-19(13-24(23)31-2)15-27-16-20(18-32-22-6-5-9-26-14-22)12-21(17-27)25(29)28-10-3-4-11-28/h5-9,13-14,20-21H,3-4,10-12,15-18H2,1-2H3/t20-,21+/m0/s1. The molecule has 2 aromatic rings. The number of methoxy groups -OCH3 is 2. The number of rotatable bonds is 8. The van der Waals surface area contributed by atoms with Crippen molar-refractivity contribution in [3.8, 4) is 17.2 Å². The second-order valence-corrected chi connectivity index (χ2v) is 8.71. The molecule has 172 valence electrons. The third-order valence-electron chi connectivity index (χ3n) is 6.35. The maximum Gasteiger partial charge on any atom is 0.226 e. The molecule has 0 saturated carbocycles. The molecule has 2 aliphatic heterocycles. The van der Waals surface area contributed by atoms with Crippen LogP contribution in [0.25, 0.3) is 0 Å². The van der Waals surface area contributed by atoms with Crippen molar-refractivity contribution in [3.05, 3.63) is 48.3 Å². The molecule has 4 rings (SSSR count). The quantitative estimate of drug-likeness (QED) is 0.629. The molecule has 0 radical (unpaired) electrons.